The van der Waals surface area contributed by atoms with Crippen molar-refractivity contribution in [3.8, 4) is 23.1 Å². The van der Waals surface area contributed by atoms with Crippen LogP contribution in [0.15, 0.2) is 78.9 Å². The summed E-state index contributed by atoms with van der Waals surface area (Å²) in [4.78, 5) is 17.2. The zero-order chi connectivity index (χ0) is 24.4. The van der Waals surface area contributed by atoms with Gasteiger partial charge in [0.2, 0.25) is 5.91 Å². The van der Waals surface area contributed by atoms with E-state index in [0.29, 0.717) is 35.3 Å². The van der Waals surface area contributed by atoms with Crippen LogP contribution >= 0.6 is 0 Å². The fraction of sp³-hybridized carbons (Fsp3) is 0.250. The number of nitrogens with one attached hydrogen (secondary N) is 1. The molecule has 1 aliphatic carbocycles. The van der Waals surface area contributed by atoms with Gasteiger partial charge in [-0.15, -0.1) is 5.10 Å². The molecule has 1 fully saturated rings. The monoisotopic (exact) mass is 470 g/mol. The number of ether oxygens (including phenoxy) is 1. The molecule has 3 aromatic carbocycles. The highest BCUT2D eigenvalue weighted by atomic mass is 19.1. The molecule has 1 amide bonds. The van der Waals surface area contributed by atoms with Crippen LogP contribution in [-0.2, 0) is 4.79 Å². The number of halogens is 1. The molecular weight excluding hydrogens is 443 g/mol. The van der Waals surface area contributed by atoms with Gasteiger partial charge in [0.05, 0.1) is 17.9 Å². The van der Waals surface area contributed by atoms with Gasteiger partial charge in [-0.2, -0.15) is 4.98 Å². The molecule has 0 radical (unpaired) electrons. The Labute approximate surface area is 203 Å². The van der Waals surface area contributed by atoms with Crippen LogP contribution in [0, 0.1) is 17.7 Å². The lowest BCUT2D eigenvalue weighted by Gasteiger charge is -2.09. The van der Waals surface area contributed by atoms with Gasteiger partial charge in [-0.05, 0) is 60.2 Å². The van der Waals surface area contributed by atoms with Crippen molar-refractivity contribution >= 4 is 11.6 Å². The zero-order valence-electron chi connectivity index (χ0n) is 19.7. The number of benzene rings is 3. The van der Waals surface area contributed by atoms with Crippen LogP contribution in [0.1, 0.15) is 31.7 Å². The third-order valence-corrected chi connectivity index (χ3v) is 5.98. The average molecular weight is 471 g/mol. The van der Waals surface area contributed by atoms with Gasteiger partial charge in [0.1, 0.15) is 5.82 Å². The average Bonchev–Trinajstić information content (AvgIpc) is 3.57. The van der Waals surface area contributed by atoms with E-state index in [1.165, 1.54) is 11.6 Å². The van der Waals surface area contributed by atoms with Gasteiger partial charge in [0, 0.05) is 11.6 Å². The number of nitrogens with zero attached hydrogens (tertiary/aromatic N) is 3. The maximum atomic E-state index is 14.6. The van der Waals surface area contributed by atoms with Gasteiger partial charge in [-0.1, -0.05) is 56.3 Å². The molecule has 35 heavy (non-hydrogen) atoms. The fourth-order valence-corrected chi connectivity index (χ4v) is 4.07. The second-order valence-electron chi connectivity index (χ2n) is 9.21. The Morgan fingerprint density at radius 1 is 1.06 bits per heavy atom. The molecule has 1 saturated carbocycles. The molecule has 0 bridgehead atoms. The molecule has 2 atom stereocenters. The number of rotatable bonds is 8. The molecular formula is C28H27FN4O2. The fourth-order valence-electron chi connectivity index (χ4n) is 4.07. The van der Waals surface area contributed by atoms with Crippen molar-refractivity contribution in [3.63, 3.8) is 0 Å². The molecule has 1 heterocycles. The SMILES string of the molecule is CC(C)COc1nc(-c2ccccc2F)n(-c2ccc(NC(=O)[C@@H]3C[C@H]3c3ccccc3)cc2)n1. The van der Waals surface area contributed by atoms with E-state index in [2.05, 4.69) is 27.5 Å². The third-order valence-electron chi connectivity index (χ3n) is 5.98. The molecule has 5 rings (SSSR count). The highest BCUT2D eigenvalue weighted by Crippen LogP contribution is 2.47. The lowest BCUT2D eigenvalue weighted by atomic mass is 10.1. The van der Waals surface area contributed by atoms with Crippen LogP contribution in [0.5, 0.6) is 6.01 Å². The molecule has 0 aliphatic heterocycles. The summed E-state index contributed by atoms with van der Waals surface area (Å²) < 4.78 is 21.8. The summed E-state index contributed by atoms with van der Waals surface area (Å²) in [5, 5.41) is 7.48. The largest absolute Gasteiger partial charge is 0.462 e. The van der Waals surface area contributed by atoms with Gasteiger partial charge < -0.3 is 10.1 Å². The number of anilines is 1. The minimum atomic E-state index is -0.391. The molecule has 0 saturated heterocycles. The van der Waals surface area contributed by atoms with Gasteiger partial charge >= 0.3 is 6.01 Å². The summed E-state index contributed by atoms with van der Waals surface area (Å²) in [6.45, 7) is 4.52. The van der Waals surface area contributed by atoms with Crippen molar-refractivity contribution in [2.45, 2.75) is 26.2 Å². The van der Waals surface area contributed by atoms with Crippen LogP contribution in [0.25, 0.3) is 17.1 Å². The van der Waals surface area contributed by atoms with E-state index in [1.54, 1.807) is 22.9 Å². The number of hydrogen-bond acceptors (Lipinski definition) is 4. The predicted molar refractivity (Wildman–Crippen MR) is 133 cm³/mol. The van der Waals surface area contributed by atoms with Crippen LogP contribution in [0.3, 0.4) is 0 Å². The van der Waals surface area contributed by atoms with E-state index < -0.39 is 5.82 Å². The second-order valence-corrected chi connectivity index (χ2v) is 9.21. The normalized spacial score (nSPS) is 16.8. The van der Waals surface area contributed by atoms with E-state index in [9.17, 15) is 9.18 Å². The van der Waals surface area contributed by atoms with Crippen molar-refractivity contribution < 1.29 is 13.9 Å². The van der Waals surface area contributed by atoms with Gasteiger partial charge in [0.25, 0.3) is 0 Å². The lowest BCUT2D eigenvalue weighted by molar-refractivity contribution is -0.117. The summed E-state index contributed by atoms with van der Waals surface area (Å²) in [7, 11) is 0. The Balaban J connectivity index is 1.35. The standard InChI is InChI=1S/C28H27FN4O2/c1-18(2)17-35-28-31-26(22-10-6-7-11-25(22)29)33(32-28)21-14-12-20(13-15-21)30-27(34)24-16-23(24)19-8-4-3-5-9-19/h3-15,18,23-24H,16-17H2,1-2H3,(H,30,34)/t23-,24+/m0/s1. The first-order chi connectivity index (χ1) is 17.0. The number of amides is 1. The zero-order valence-corrected chi connectivity index (χ0v) is 19.7. The van der Waals surface area contributed by atoms with Gasteiger partial charge in [0.15, 0.2) is 5.82 Å². The molecule has 1 aliphatic rings. The van der Waals surface area contributed by atoms with Crippen molar-refractivity contribution in [1.29, 1.82) is 0 Å². The Morgan fingerprint density at radius 2 is 1.77 bits per heavy atom. The van der Waals surface area contributed by atoms with Crippen molar-refractivity contribution in [1.82, 2.24) is 14.8 Å². The first kappa shape index (κ1) is 22.8. The topological polar surface area (TPSA) is 69.0 Å². The molecule has 178 valence electrons. The Kier molecular flexibility index (Phi) is 6.31. The Bertz CT molecular complexity index is 1320. The predicted octanol–water partition coefficient (Wildman–Crippen LogP) is 5.85. The molecule has 0 spiro atoms. The maximum Gasteiger partial charge on any atom is 0.336 e. The minimum Gasteiger partial charge on any atom is -0.462 e. The number of aromatic nitrogens is 3. The highest BCUT2D eigenvalue weighted by molar-refractivity contribution is 5.95. The van der Waals surface area contributed by atoms with E-state index in [0.717, 1.165) is 6.42 Å². The summed E-state index contributed by atoms with van der Waals surface area (Å²) >= 11 is 0. The van der Waals surface area contributed by atoms with Gasteiger partial charge in [-0.3, -0.25) is 4.79 Å². The van der Waals surface area contributed by atoms with Crippen molar-refractivity contribution in [3.05, 3.63) is 90.2 Å². The highest BCUT2D eigenvalue weighted by Gasteiger charge is 2.43. The van der Waals surface area contributed by atoms with E-state index in [-0.39, 0.29) is 23.8 Å². The van der Waals surface area contributed by atoms with Crippen LogP contribution in [0.2, 0.25) is 0 Å². The minimum absolute atomic E-state index is 0.0132. The number of hydrogen-bond donors (Lipinski definition) is 1. The third kappa shape index (κ3) is 5.09. The Morgan fingerprint density at radius 3 is 2.49 bits per heavy atom. The first-order valence-electron chi connectivity index (χ1n) is 11.8. The van der Waals surface area contributed by atoms with Crippen LogP contribution in [-0.4, -0.2) is 27.3 Å². The Hall–Kier alpha value is -4.00. The van der Waals surface area contributed by atoms with Crippen molar-refractivity contribution in [2.75, 3.05) is 11.9 Å². The molecule has 7 heteroatoms. The van der Waals surface area contributed by atoms with Gasteiger partial charge in [-0.25, -0.2) is 9.07 Å². The van der Waals surface area contributed by atoms with E-state index >= 15 is 0 Å². The van der Waals surface area contributed by atoms with E-state index in [4.69, 9.17) is 4.74 Å². The van der Waals surface area contributed by atoms with Crippen molar-refractivity contribution in [2.24, 2.45) is 11.8 Å². The number of carbonyl (C=O) groups is 1. The van der Waals surface area contributed by atoms with E-state index in [1.807, 2.05) is 56.3 Å². The summed E-state index contributed by atoms with van der Waals surface area (Å²) in [6.07, 6.45) is 0.859. The quantitative estimate of drug-likeness (QED) is 0.351. The molecule has 1 N–H and O–H groups in total. The molecule has 4 aromatic rings. The molecule has 1 aromatic heterocycles. The molecule has 0 unspecified atom stereocenters. The van der Waals surface area contributed by atoms with Crippen LogP contribution < -0.4 is 10.1 Å². The smallest absolute Gasteiger partial charge is 0.336 e. The number of carbonyl (C=O) groups excluding carboxylic acids is 1. The van der Waals surface area contributed by atoms with Crippen LogP contribution in [0.4, 0.5) is 10.1 Å². The maximum absolute atomic E-state index is 14.6. The summed E-state index contributed by atoms with van der Waals surface area (Å²) in [6, 6.07) is 24.0. The molecule has 6 nitrogen and oxygen atoms in total. The first-order valence-corrected chi connectivity index (χ1v) is 11.8. The summed E-state index contributed by atoms with van der Waals surface area (Å²) in [5.41, 5.74) is 2.91. The summed E-state index contributed by atoms with van der Waals surface area (Å²) in [5.74, 6) is 0.539. The second kappa shape index (κ2) is 9.70. The lowest BCUT2D eigenvalue weighted by Crippen LogP contribution is -2.14.